The van der Waals surface area contributed by atoms with E-state index >= 15 is 0 Å². The maximum atomic E-state index is 11.0. The number of carbonyl (C=O) groups is 1. The van der Waals surface area contributed by atoms with E-state index in [0.717, 1.165) is 5.56 Å². The van der Waals surface area contributed by atoms with E-state index in [4.69, 9.17) is 15.1 Å². The Bertz CT molecular complexity index is 472. The molecule has 0 heterocycles. The van der Waals surface area contributed by atoms with E-state index in [0.29, 0.717) is 17.7 Å². The van der Waals surface area contributed by atoms with Crippen molar-refractivity contribution in [3.8, 4) is 11.8 Å². The summed E-state index contributed by atoms with van der Waals surface area (Å²) in [4.78, 5) is 11.0. The van der Waals surface area contributed by atoms with Gasteiger partial charge in [0.25, 0.3) is 0 Å². The Balaban J connectivity index is 3.22. The van der Waals surface area contributed by atoms with E-state index in [-0.39, 0.29) is 0 Å². The third-order valence-corrected chi connectivity index (χ3v) is 2.47. The molecule has 0 aromatic heterocycles. The summed E-state index contributed by atoms with van der Waals surface area (Å²) in [6.45, 7) is 4.85. The van der Waals surface area contributed by atoms with Crippen molar-refractivity contribution in [1.82, 2.24) is 0 Å². The van der Waals surface area contributed by atoms with Crippen molar-refractivity contribution in [3.05, 3.63) is 29.3 Å². The molecule has 0 aliphatic heterocycles. The van der Waals surface area contributed by atoms with Gasteiger partial charge in [0.2, 0.25) is 0 Å². The van der Waals surface area contributed by atoms with Crippen molar-refractivity contribution >= 4 is 5.97 Å². The van der Waals surface area contributed by atoms with E-state index in [1.165, 1.54) is 13.8 Å². The molecular weight excluding hydrogens is 218 g/mol. The highest BCUT2D eigenvalue weighted by Crippen LogP contribution is 2.28. The van der Waals surface area contributed by atoms with Gasteiger partial charge in [0.1, 0.15) is 11.8 Å². The average molecular weight is 233 g/mol. The summed E-state index contributed by atoms with van der Waals surface area (Å²) in [7, 11) is 0. The van der Waals surface area contributed by atoms with Crippen molar-refractivity contribution < 1.29 is 14.6 Å². The maximum absolute atomic E-state index is 11.0. The Labute approximate surface area is 100 Å². The highest BCUT2D eigenvalue weighted by atomic mass is 16.5. The SMILES string of the molecule is CCc1cccc(C#N)c1OC(C)(C)C(=O)O. The number of carboxylic acid groups (broad SMARTS) is 1. The monoisotopic (exact) mass is 233 g/mol. The summed E-state index contributed by atoms with van der Waals surface area (Å²) in [5.74, 6) is -0.697. The lowest BCUT2D eigenvalue weighted by molar-refractivity contribution is -0.152. The Hall–Kier alpha value is -2.02. The van der Waals surface area contributed by atoms with E-state index in [1.807, 2.05) is 19.1 Å². The van der Waals surface area contributed by atoms with Crippen molar-refractivity contribution in [2.75, 3.05) is 0 Å². The lowest BCUT2D eigenvalue weighted by Crippen LogP contribution is -2.38. The molecule has 1 rings (SSSR count). The molecule has 0 radical (unpaired) electrons. The fraction of sp³-hybridized carbons (Fsp3) is 0.385. The number of nitriles is 1. The Kier molecular flexibility index (Phi) is 3.74. The normalized spacial score (nSPS) is 10.7. The quantitative estimate of drug-likeness (QED) is 0.866. The van der Waals surface area contributed by atoms with Gasteiger partial charge in [-0.2, -0.15) is 5.26 Å². The molecule has 0 saturated heterocycles. The number of aliphatic carboxylic acids is 1. The van der Waals surface area contributed by atoms with Gasteiger partial charge in [-0.15, -0.1) is 0 Å². The van der Waals surface area contributed by atoms with Gasteiger partial charge >= 0.3 is 5.97 Å². The Morgan fingerprint density at radius 2 is 2.18 bits per heavy atom. The zero-order chi connectivity index (χ0) is 13.1. The van der Waals surface area contributed by atoms with Gasteiger partial charge in [-0.25, -0.2) is 4.79 Å². The van der Waals surface area contributed by atoms with Crippen LogP contribution >= 0.6 is 0 Å². The summed E-state index contributed by atoms with van der Waals surface area (Å²) in [6, 6.07) is 7.22. The molecule has 1 N–H and O–H groups in total. The van der Waals surface area contributed by atoms with Crippen LogP contribution in [-0.4, -0.2) is 16.7 Å². The minimum Gasteiger partial charge on any atom is -0.478 e. The van der Waals surface area contributed by atoms with Crippen molar-refractivity contribution in [1.29, 1.82) is 5.26 Å². The number of nitrogens with zero attached hydrogens (tertiary/aromatic N) is 1. The van der Waals surface area contributed by atoms with Crippen LogP contribution in [0.2, 0.25) is 0 Å². The first kappa shape index (κ1) is 13.0. The number of para-hydroxylation sites is 1. The molecule has 0 bridgehead atoms. The number of hydrogen-bond donors (Lipinski definition) is 1. The molecule has 17 heavy (non-hydrogen) atoms. The van der Waals surface area contributed by atoms with Crippen LogP contribution in [0.1, 0.15) is 31.9 Å². The molecule has 0 amide bonds. The van der Waals surface area contributed by atoms with Gasteiger partial charge in [0.15, 0.2) is 5.60 Å². The molecular formula is C13H15NO3. The molecule has 0 saturated carbocycles. The van der Waals surface area contributed by atoms with Crippen LogP contribution in [0.4, 0.5) is 0 Å². The van der Waals surface area contributed by atoms with E-state index in [1.54, 1.807) is 12.1 Å². The van der Waals surface area contributed by atoms with E-state index in [9.17, 15) is 4.79 Å². The van der Waals surface area contributed by atoms with Gasteiger partial charge < -0.3 is 9.84 Å². The second-order valence-electron chi connectivity index (χ2n) is 4.18. The molecule has 4 nitrogen and oxygen atoms in total. The molecule has 0 spiro atoms. The fourth-order valence-electron chi connectivity index (χ4n) is 1.37. The summed E-state index contributed by atoms with van der Waals surface area (Å²) >= 11 is 0. The van der Waals surface area contributed by atoms with Crippen LogP contribution in [0.15, 0.2) is 18.2 Å². The minimum absolute atomic E-state index is 0.360. The number of aryl methyl sites for hydroxylation is 1. The predicted molar refractivity (Wildman–Crippen MR) is 62.9 cm³/mol. The molecule has 0 aliphatic rings. The molecule has 90 valence electrons. The third kappa shape index (κ3) is 2.76. The summed E-state index contributed by atoms with van der Waals surface area (Å²) < 4.78 is 5.49. The largest absolute Gasteiger partial charge is 0.478 e. The highest BCUT2D eigenvalue weighted by molar-refractivity contribution is 5.77. The van der Waals surface area contributed by atoms with Crippen molar-refractivity contribution in [2.45, 2.75) is 32.8 Å². The van der Waals surface area contributed by atoms with Crippen molar-refractivity contribution in [2.24, 2.45) is 0 Å². The summed E-state index contributed by atoms with van der Waals surface area (Å²) in [5, 5.41) is 18.0. The standard InChI is InChI=1S/C13H15NO3/c1-4-9-6-5-7-10(8-14)11(9)17-13(2,3)12(15)16/h5-7H,4H2,1-3H3,(H,15,16). The van der Waals surface area contributed by atoms with Gasteiger partial charge in [0, 0.05) is 0 Å². The summed E-state index contributed by atoms with van der Waals surface area (Å²) in [5.41, 5.74) is -0.159. The zero-order valence-corrected chi connectivity index (χ0v) is 10.2. The molecule has 0 unspecified atom stereocenters. The molecule has 0 fully saturated rings. The topological polar surface area (TPSA) is 70.3 Å². The first-order valence-electron chi connectivity index (χ1n) is 5.36. The average Bonchev–Trinajstić information content (AvgIpc) is 2.28. The molecule has 1 aromatic carbocycles. The lowest BCUT2D eigenvalue weighted by atomic mass is 10.1. The Morgan fingerprint density at radius 3 is 2.65 bits per heavy atom. The molecule has 0 aliphatic carbocycles. The number of benzene rings is 1. The first-order chi connectivity index (χ1) is 7.92. The maximum Gasteiger partial charge on any atom is 0.347 e. The minimum atomic E-state index is -1.35. The molecule has 0 atom stereocenters. The van der Waals surface area contributed by atoms with Gasteiger partial charge in [0.05, 0.1) is 5.56 Å². The molecule has 4 heteroatoms. The van der Waals surface area contributed by atoms with Crippen LogP contribution in [0, 0.1) is 11.3 Å². The smallest absolute Gasteiger partial charge is 0.347 e. The molecule has 1 aromatic rings. The van der Waals surface area contributed by atoms with E-state index in [2.05, 4.69) is 0 Å². The van der Waals surface area contributed by atoms with Crippen LogP contribution in [0.25, 0.3) is 0 Å². The van der Waals surface area contributed by atoms with Crippen LogP contribution in [0.3, 0.4) is 0 Å². The van der Waals surface area contributed by atoms with Crippen LogP contribution < -0.4 is 4.74 Å². The van der Waals surface area contributed by atoms with Gasteiger partial charge in [-0.3, -0.25) is 0 Å². The number of carboxylic acids is 1. The van der Waals surface area contributed by atoms with Crippen LogP contribution in [-0.2, 0) is 11.2 Å². The highest BCUT2D eigenvalue weighted by Gasteiger charge is 2.31. The first-order valence-corrected chi connectivity index (χ1v) is 5.36. The number of hydrogen-bond acceptors (Lipinski definition) is 3. The van der Waals surface area contributed by atoms with Crippen molar-refractivity contribution in [3.63, 3.8) is 0 Å². The second-order valence-corrected chi connectivity index (χ2v) is 4.18. The van der Waals surface area contributed by atoms with E-state index < -0.39 is 11.6 Å². The third-order valence-electron chi connectivity index (χ3n) is 2.47. The van der Waals surface area contributed by atoms with Crippen LogP contribution in [0.5, 0.6) is 5.75 Å². The summed E-state index contributed by atoms with van der Waals surface area (Å²) in [6.07, 6.45) is 0.681. The number of ether oxygens (including phenoxy) is 1. The van der Waals surface area contributed by atoms with Gasteiger partial charge in [-0.05, 0) is 31.9 Å². The predicted octanol–water partition coefficient (Wildman–Crippen LogP) is 2.36. The number of rotatable bonds is 4. The fourth-order valence-corrected chi connectivity index (χ4v) is 1.37. The van der Waals surface area contributed by atoms with Gasteiger partial charge in [-0.1, -0.05) is 19.1 Å². The lowest BCUT2D eigenvalue weighted by Gasteiger charge is -2.23. The Morgan fingerprint density at radius 1 is 1.53 bits per heavy atom. The second kappa shape index (κ2) is 4.88. The zero-order valence-electron chi connectivity index (χ0n) is 10.2.